The van der Waals surface area contributed by atoms with Gasteiger partial charge in [0.15, 0.2) is 0 Å². The first-order valence-corrected chi connectivity index (χ1v) is 9.53. The van der Waals surface area contributed by atoms with Crippen LogP contribution in [0.3, 0.4) is 0 Å². The van der Waals surface area contributed by atoms with Crippen LogP contribution in [0.4, 0.5) is 0 Å². The fourth-order valence-corrected chi connectivity index (χ4v) is 2.71. The molecular formula is C19H40N2O. The van der Waals surface area contributed by atoms with Crippen molar-refractivity contribution in [3.8, 4) is 0 Å². The molecule has 0 bridgehead atoms. The number of ether oxygens (including phenoxy) is 1. The Labute approximate surface area is 138 Å². The molecule has 0 aliphatic carbocycles. The Morgan fingerprint density at radius 1 is 0.864 bits per heavy atom. The molecule has 4 N–H and O–H groups in total. The van der Waals surface area contributed by atoms with Gasteiger partial charge in [0.2, 0.25) is 0 Å². The molecule has 0 spiro atoms. The van der Waals surface area contributed by atoms with Crippen molar-refractivity contribution in [2.75, 3.05) is 13.2 Å². The summed E-state index contributed by atoms with van der Waals surface area (Å²) < 4.78 is 5.84. The molecule has 0 amide bonds. The van der Waals surface area contributed by atoms with Crippen molar-refractivity contribution in [2.45, 2.75) is 97.0 Å². The monoisotopic (exact) mass is 312 g/mol. The van der Waals surface area contributed by atoms with Gasteiger partial charge in [-0.05, 0) is 18.9 Å². The molecule has 0 radical (unpaired) electrons. The van der Waals surface area contributed by atoms with E-state index < -0.39 is 0 Å². The molecule has 0 saturated heterocycles. The van der Waals surface area contributed by atoms with Gasteiger partial charge in [-0.25, -0.2) is 0 Å². The van der Waals surface area contributed by atoms with Gasteiger partial charge in [0, 0.05) is 18.8 Å². The topological polar surface area (TPSA) is 61.3 Å². The number of unbranched alkanes of at least 4 members (excludes halogenated alkanes) is 10. The molecule has 132 valence electrons. The Bertz CT molecular complexity index is 254. The van der Waals surface area contributed by atoms with Gasteiger partial charge in [0.25, 0.3) is 0 Å². The standard InChI is InChI=1S/C19H40N2O/c1-3-5-6-7-8-9-10-11-12-13-14-17-22-19(4-2)18(21)15-16-20/h15,19H,3-14,16-17,20-21H2,1-2H3. The summed E-state index contributed by atoms with van der Waals surface area (Å²) in [5.41, 5.74) is 12.2. The molecule has 0 heterocycles. The molecule has 1 unspecified atom stereocenters. The largest absolute Gasteiger partial charge is 0.400 e. The highest BCUT2D eigenvalue weighted by atomic mass is 16.5. The van der Waals surface area contributed by atoms with E-state index in [-0.39, 0.29) is 6.10 Å². The molecule has 0 aromatic rings. The van der Waals surface area contributed by atoms with Gasteiger partial charge in [-0.3, -0.25) is 0 Å². The van der Waals surface area contributed by atoms with Gasteiger partial charge in [-0.1, -0.05) is 78.1 Å². The number of rotatable bonds is 16. The van der Waals surface area contributed by atoms with Crippen LogP contribution < -0.4 is 11.5 Å². The average molecular weight is 313 g/mol. The van der Waals surface area contributed by atoms with E-state index in [1.807, 2.05) is 6.08 Å². The van der Waals surface area contributed by atoms with Crippen LogP contribution in [0.2, 0.25) is 0 Å². The summed E-state index contributed by atoms with van der Waals surface area (Å²) in [6.45, 7) is 5.68. The highest BCUT2D eigenvalue weighted by Gasteiger charge is 2.08. The molecule has 3 heteroatoms. The molecule has 0 fully saturated rings. The van der Waals surface area contributed by atoms with Crippen LogP contribution in [0, 0.1) is 0 Å². The fourth-order valence-electron chi connectivity index (χ4n) is 2.71. The van der Waals surface area contributed by atoms with Crippen molar-refractivity contribution in [3.63, 3.8) is 0 Å². The molecular weight excluding hydrogens is 272 g/mol. The van der Waals surface area contributed by atoms with Gasteiger partial charge in [-0.2, -0.15) is 0 Å². The molecule has 1 atom stereocenters. The van der Waals surface area contributed by atoms with Crippen LogP contribution in [0.15, 0.2) is 11.8 Å². The summed E-state index contributed by atoms with van der Waals surface area (Å²) in [5, 5.41) is 0. The van der Waals surface area contributed by atoms with Gasteiger partial charge >= 0.3 is 0 Å². The summed E-state index contributed by atoms with van der Waals surface area (Å²) in [6, 6.07) is 0. The molecule has 0 aliphatic rings. The smallest absolute Gasteiger partial charge is 0.0961 e. The minimum Gasteiger partial charge on any atom is -0.400 e. The van der Waals surface area contributed by atoms with Gasteiger partial charge < -0.3 is 16.2 Å². The third kappa shape index (κ3) is 13.1. The fraction of sp³-hybridized carbons (Fsp3) is 0.895. The van der Waals surface area contributed by atoms with E-state index in [4.69, 9.17) is 16.2 Å². The summed E-state index contributed by atoms with van der Waals surface area (Å²) in [4.78, 5) is 0. The third-order valence-corrected chi connectivity index (χ3v) is 4.16. The summed E-state index contributed by atoms with van der Waals surface area (Å²) in [6.07, 6.45) is 17.8. The molecule has 0 aliphatic heterocycles. The van der Waals surface area contributed by atoms with E-state index in [0.717, 1.165) is 25.1 Å². The van der Waals surface area contributed by atoms with Crippen molar-refractivity contribution < 1.29 is 4.74 Å². The Balaban J connectivity index is 3.34. The first kappa shape index (κ1) is 21.5. The Morgan fingerprint density at radius 2 is 1.36 bits per heavy atom. The maximum atomic E-state index is 5.93. The number of hydrogen-bond donors (Lipinski definition) is 2. The van der Waals surface area contributed by atoms with Crippen LogP contribution in [0.25, 0.3) is 0 Å². The summed E-state index contributed by atoms with van der Waals surface area (Å²) in [7, 11) is 0. The predicted molar refractivity (Wildman–Crippen MR) is 97.8 cm³/mol. The van der Waals surface area contributed by atoms with Crippen LogP contribution in [0.5, 0.6) is 0 Å². The van der Waals surface area contributed by atoms with Crippen LogP contribution in [-0.2, 0) is 4.74 Å². The van der Waals surface area contributed by atoms with Crippen molar-refractivity contribution >= 4 is 0 Å². The average Bonchev–Trinajstić information content (AvgIpc) is 2.52. The SMILES string of the molecule is CCCCCCCCCCCCCOC(CC)C(N)=CCN. The lowest BCUT2D eigenvalue weighted by molar-refractivity contribution is 0.0708. The lowest BCUT2D eigenvalue weighted by atomic mass is 10.1. The van der Waals surface area contributed by atoms with Gasteiger partial charge in [0.05, 0.1) is 6.10 Å². The second-order valence-corrected chi connectivity index (χ2v) is 6.24. The third-order valence-electron chi connectivity index (χ3n) is 4.16. The van der Waals surface area contributed by atoms with E-state index in [9.17, 15) is 0 Å². The first-order valence-electron chi connectivity index (χ1n) is 9.53. The Morgan fingerprint density at radius 3 is 1.82 bits per heavy atom. The first-order chi connectivity index (χ1) is 10.8. The van der Waals surface area contributed by atoms with Crippen molar-refractivity contribution in [2.24, 2.45) is 11.5 Å². The zero-order chi connectivity index (χ0) is 16.5. The van der Waals surface area contributed by atoms with E-state index in [1.54, 1.807) is 0 Å². The molecule has 0 aromatic carbocycles. The maximum absolute atomic E-state index is 5.93. The van der Waals surface area contributed by atoms with Crippen molar-refractivity contribution in [1.29, 1.82) is 0 Å². The highest BCUT2D eigenvalue weighted by Crippen LogP contribution is 2.12. The van der Waals surface area contributed by atoms with E-state index in [2.05, 4.69) is 13.8 Å². The summed E-state index contributed by atoms with van der Waals surface area (Å²) >= 11 is 0. The zero-order valence-corrected chi connectivity index (χ0v) is 15.1. The van der Waals surface area contributed by atoms with Crippen LogP contribution >= 0.6 is 0 Å². The maximum Gasteiger partial charge on any atom is 0.0961 e. The van der Waals surface area contributed by atoms with Crippen LogP contribution in [-0.4, -0.2) is 19.3 Å². The van der Waals surface area contributed by atoms with E-state index in [1.165, 1.54) is 64.2 Å². The second-order valence-electron chi connectivity index (χ2n) is 6.24. The summed E-state index contributed by atoms with van der Waals surface area (Å²) in [5.74, 6) is 0. The Hall–Kier alpha value is -0.540. The van der Waals surface area contributed by atoms with E-state index >= 15 is 0 Å². The molecule has 0 rings (SSSR count). The lowest BCUT2D eigenvalue weighted by Crippen LogP contribution is -2.22. The molecule has 0 aromatic heterocycles. The zero-order valence-electron chi connectivity index (χ0n) is 15.1. The normalized spacial score (nSPS) is 13.5. The van der Waals surface area contributed by atoms with Crippen molar-refractivity contribution in [3.05, 3.63) is 11.8 Å². The molecule has 22 heavy (non-hydrogen) atoms. The second kappa shape index (κ2) is 16.8. The predicted octanol–water partition coefficient (Wildman–Crippen LogP) is 4.89. The number of hydrogen-bond acceptors (Lipinski definition) is 3. The molecule has 3 nitrogen and oxygen atoms in total. The van der Waals surface area contributed by atoms with Gasteiger partial charge in [-0.15, -0.1) is 0 Å². The lowest BCUT2D eigenvalue weighted by Gasteiger charge is -2.16. The Kier molecular flexibility index (Phi) is 16.4. The van der Waals surface area contributed by atoms with Crippen LogP contribution in [0.1, 0.15) is 90.9 Å². The quantitative estimate of drug-likeness (QED) is 0.399. The minimum absolute atomic E-state index is 0.0478. The highest BCUT2D eigenvalue weighted by molar-refractivity contribution is 5.03. The minimum atomic E-state index is 0.0478. The van der Waals surface area contributed by atoms with Crippen molar-refractivity contribution in [1.82, 2.24) is 0 Å². The van der Waals surface area contributed by atoms with Gasteiger partial charge in [0.1, 0.15) is 0 Å². The van der Waals surface area contributed by atoms with E-state index in [0.29, 0.717) is 6.54 Å². The molecule has 0 saturated carbocycles. The number of nitrogens with two attached hydrogens (primary N) is 2.